The van der Waals surface area contributed by atoms with Crippen LogP contribution in [0.1, 0.15) is 19.8 Å². The van der Waals surface area contributed by atoms with Gasteiger partial charge < -0.3 is 14.7 Å². The van der Waals surface area contributed by atoms with Crippen molar-refractivity contribution in [2.24, 2.45) is 0 Å². The summed E-state index contributed by atoms with van der Waals surface area (Å²) in [7, 11) is 1.26. The molecule has 1 aliphatic heterocycles. The molecule has 0 spiro atoms. The number of halogens is 1. The van der Waals surface area contributed by atoms with Gasteiger partial charge in [0.2, 0.25) is 5.91 Å². The van der Waals surface area contributed by atoms with Crippen LogP contribution in [0.2, 0.25) is 0 Å². The van der Waals surface area contributed by atoms with Gasteiger partial charge in [-0.05, 0) is 12.8 Å². The molecule has 0 aromatic heterocycles. The van der Waals surface area contributed by atoms with Crippen LogP contribution in [-0.2, 0) is 14.3 Å². The van der Waals surface area contributed by atoms with Crippen LogP contribution in [-0.4, -0.2) is 47.4 Å². The Kier molecular flexibility index (Phi) is 3.62. The second-order valence-electron chi connectivity index (χ2n) is 3.50. The summed E-state index contributed by atoms with van der Waals surface area (Å²) in [5, 5.41) is 8.89. The molecule has 15 heavy (non-hydrogen) atoms. The molecular formula is C9H14FNO4. The lowest BCUT2D eigenvalue weighted by molar-refractivity contribution is -0.175. The number of methoxy groups -OCH3 is 1. The number of hydrogen-bond acceptors (Lipinski definition) is 3. The molecule has 1 amide bonds. The number of rotatable bonds is 2. The zero-order valence-corrected chi connectivity index (χ0v) is 8.64. The van der Waals surface area contributed by atoms with Gasteiger partial charge in [0, 0.05) is 14.0 Å². The van der Waals surface area contributed by atoms with Gasteiger partial charge in [0.25, 0.3) is 0 Å². The van der Waals surface area contributed by atoms with Crippen molar-refractivity contribution in [3.05, 3.63) is 0 Å². The lowest BCUT2D eigenvalue weighted by Crippen LogP contribution is -2.57. The van der Waals surface area contributed by atoms with Crippen LogP contribution in [0.3, 0.4) is 0 Å². The number of carboxylic acids is 1. The molecule has 6 heteroatoms. The van der Waals surface area contributed by atoms with Gasteiger partial charge in [-0.15, -0.1) is 0 Å². The SMILES string of the molecule is COC1C(F)CCC(C(=O)O)N1C(C)=O. The summed E-state index contributed by atoms with van der Waals surface area (Å²) in [6.07, 6.45) is -2.19. The molecule has 5 nitrogen and oxygen atoms in total. The first kappa shape index (κ1) is 11.9. The Morgan fingerprint density at radius 1 is 1.47 bits per heavy atom. The summed E-state index contributed by atoms with van der Waals surface area (Å²) in [4.78, 5) is 23.1. The third-order valence-electron chi connectivity index (χ3n) is 2.53. The fraction of sp³-hybridized carbons (Fsp3) is 0.778. The number of amides is 1. The van der Waals surface area contributed by atoms with Crippen molar-refractivity contribution in [1.82, 2.24) is 4.90 Å². The third-order valence-corrected chi connectivity index (χ3v) is 2.53. The molecule has 0 aliphatic carbocycles. The Labute approximate surface area is 86.8 Å². The summed E-state index contributed by atoms with van der Waals surface area (Å²) < 4.78 is 18.2. The fourth-order valence-electron chi connectivity index (χ4n) is 1.85. The van der Waals surface area contributed by atoms with Crippen LogP contribution >= 0.6 is 0 Å². The Hall–Kier alpha value is -1.17. The number of likely N-dealkylation sites (tertiary alicyclic amines) is 1. The predicted octanol–water partition coefficient (Wildman–Crippen LogP) is 0.393. The highest BCUT2D eigenvalue weighted by atomic mass is 19.1. The third kappa shape index (κ3) is 2.26. The standard InChI is InChI=1S/C9H14FNO4/c1-5(12)11-7(9(13)14)4-3-6(10)8(11)15-2/h6-8H,3-4H2,1-2H3,(H,13,14). The highest BCUT2D eigenvalue weighted by Crippen LogP contribution is 2.26. The van der Waals surface area contributed by atoms with Gasteiger partial charge in [-0.1, -0.05) is 0 Å². The van der Waals surface area contributed by atoms with Crippen molar-refractivity contribution < 1.29 is 23.8 Å². The lowest BCUT2D eigenvalue weighted by atomic mass is 9.99. The van der Waals surface area contributed by atoms with Crippen LogP contribution in [0.15, 0.2) is 0 Å². The Morgan fingerprint density at radius 2 is 2.07 bits per heavy atom. The minimum absolute atomic E-state index is 0.0965. The number of hydrogen-bond donors (Lipinski definition) is 1. The summed E-state index contributed by atoms with van der Waals surface area (Å²) in [6.45, 7) is 1.21. The fourth-order valence-corrected chi connectivity index (χ4v) is 1.85. The zero-order chi connectivity index (χ0) is 11.6. The second kappa shape index (κ2) is 4.57. The van der Waals surface area contributed by atoms with Gasteiger partial charge in [-0.3, -0.25) is 4.79 Å². The predicted molar refractivity (Wildman–Crippen MR) is 48.9 cm³/mol. The van der Waals surface area contributed by atoms with Crippen LogP contribution in [0, 0.1) is 0 Å². The van der Waals surface area contributed by atoms with E-state index in [0.29, 0.717) is 0 Å². The van der Waals surface area contributed by atoms with Crippen molar-refractivity contribution in [2.75, 3.05) is 7.11 Å². The van der Waals surface area contributed by atoms with E-state index < -0.39 is 30.3 Å². The highest BCUT2D eigenvalue weighted by Gasteiger charge is 2.42. The van der Waals surface area contributed by atoms with E-state index >= 15 is 0 Å². The molecule has 0 radical (unpaired) electrons. The van der Waals surface area contributed by atoms with Crippen molar-refractivity contribution >= 4 is 11.9 Å². The average molecular weight is 219 g/mol. The van der Waals surface area contributed by atoms with E-state index in [-0.39, 0.29) is 12.8 Å². The van der Waals surface area contributed by atoms with Crippen LogP contribution in [0.5, 0.6) is 0 Å². The van der Waals surface area contributed by atoms with Crippen molar-refractivity contribution in [2.45, 2.75) is 38.2 Å². The van der Waals surface area contributed by atoms with Gasteiger partial charge >= 0.3 is 5.97 Å². The maximum atomic E-state index is 13.4. The van der Waals surface area contributed by atoms with Crippen molar-refractivity contribution in [3.63, 3.8) is 0 Å². The molecule has 86 valence electrons. The summed E-state index contributed by atoms with van der Waals surface area (Å²) >= 11 is 0. The van der Waals surface area contributed by atoms with E-state index in [4.69, 9.17) is 9.84 Å². The minimum atomic E-state index is -1.32. The number of ether oxygens (including phenoxy) is 1. The Morgan fingerprint density at radius 3 is 2.47 bits per heavy atom. The number of carbonyl (C=O) groups excluding carboxylic acids is 1. The molecule has 1 aliphatic rings. The molecular weight excluding hydrogens is 205 g/mol. The van der Waals surface area contributed by atoms with E-state index in [1.54, 1.807) is 0 Å². The van der Waals surface area contributed by atoms with E-state index in [9.17, 15) is 14.0 Å². The maximum absolute atomic E-state index is 13.4. The molecule has 1 heterocycles. The minimum Gasteiger partial charge on any atom is -0.480 e. The lowest BCUT2D eigenvalue weighted by Gasteiger charge is -2.40. The topological polar surface area (TPSA) is 66.8 Å². The van der Waals surface area contributed by atoms with Crippen LogP contribution < -0.4 is 0 Å². The Bertz CT molecular complexity index is 271. The molecule has 0 aromatic rings. The highest BCUT2D eigenvalue weighted by molar-refractivity contribution is 5.82. The number of nitrogens with zero attached hydrogens (tertiary/aromatic N) is 1. The normalized spacial score (nSPS) is 31.4. The number of carbonyl (C=O) groups is 2. The van der Waals surface area contributed by atoms with Gasteiger partial charge in [-0.25, -0.2) is 9.18 Å². The first-order valence-corrected chi connectivity index (χ1v) is 4.67. The van der Waals surface area contributed by atoms with Crippen molar-refractivity contribution in [1.29, 1.82) is 0 Å². The number of aliphatic carboxylic acids is 1. The summed E-state index contributed by atoms with van der Waals surface area (Å²) in [5.41, 5.74) is 0. The van der Waals surface area contributed by atoms with Crippen LogP contribution in [0.4, 0.5) is 4.39 Å². The van der Waals surface area contributed by atoms with Gasteiger partial charge in [0.15, 0.2) is 6.23 Å². The molecule has 0 aromatic carbocycles. The summed E-state index contributed by atoms with van der Waals surface area (Å²) in [5.74, 6) is -1.62. The van der Waals surface area contributed by atoms with Gasteiger partial charge in [-0.2, -0.15) is 0 Å². The van der Waals surface area contributed by atoms with E-state index in [1.807, 2.05) is 0 Å². The molecule has 0 bridgehead atoms. The second-order valence-corrected chi connectivity index (χ2v) is 3.50. The number of piperidine rings is 1. The van der Waals surface area contributed by atoms with Gasteiger partial charge in [0.05, 0.1) is 0 Å². The maximum Gasteiger partial charge on any atom is 0.326 e. The number of alkyl halides is 1. The van der Waals surface area contributed by atoms with Gasteiger partial charge in [0.1, 0.15) is 12.2 Å². The molecule has 3 unspecified atom stereocenters. The largest absolute Gasteiger partial charge is 0.480 e. The quantitative estimate of drug-likeness (QED) is 0.729. The van der Waals surface area contributed by atoms with Crippen LogP contribution in [0.25, 0.3) is 0 Å². The monoisotopic (exact) mass is 219 g/mol. The summed E-state index contributed by atoms with van der Waals surface area (Å²) in [6, 6.07) is -0.987. The average Bonchev–Trinajstić information content (AvgIpc) is 2.16. The Balaban J connectivity index is 2.92. The molecule has 0 saturated carbocycles. The molecule has 1 saturated heterocycles. The molecule has 1 N–H and O–H groups in total. The molecule has 3 atom stereocenters. The smallest absolute Gasteiger partial charge is 0.326 e. The molecule has 1 fully saturated rings. The first-order valence-electron chi connectivity index (χ1n) is 4.67. The molecule has 1 rings (SSSR count). The van der Waals surface area contributed by atoms with Crippen molar-refractivity contribution in [3.8, 4) is 0 Å². The zero-order valence-electron chi connectivity index (χ0n) is 8.64. The van der Waals surface area contributed by atoms with E-state index in [2.05, 4.69) is 0 Å². The van der Waals surface area contributed by atoms with E-state index in [0.717, 1.165) is 4.90 Å². The van der Waals surface area contributed by atoms with E-state index in [1.165, 1.54) is 14.0 Å². The first-order chi connectivity index (χ1) is 6.99. The number of carboxylic acid groups (broad SMARTS) is 1.